The molecule has 4 nitrogen and oxygen atoms in total. The van der Waals surface area contributed by atoms with Crippen molar-refractivity contribution in [3.8, 4) is 0 Å². The number of nitrogens with one attached hydrogen (secondary N) is 2. The molecule has 0 atom stereocenters. The number of carbonyl (C=O) groups excluding carboxylic acids is 2. The summed E-state index contributed by atoms with van der Waals surface area (Å²) in [7, 11) is 0. The number of halogens is 2. The van der Waals surface area contributed by atoms with Crippen LogP contribution in [0.5, 0.6) is 0 Å². The van der Waals surface area contributed by atoms with Crippen molar-refractivity contribution in [2.24, 2.45) is 0 Å². The van der Waals surface area contributed by atoms with Crippen molar-refractivity contribution in [3.05, 3.63) is 94.6 Å². The van der Waals surface area contributed by atoms with E-state index in [0.717, 1.165) is 28.9 Å². The van der Waals surface area contributed by atoms with E-state index in [1.807, 2.05) is 32.0 Å². The van der Waals surface area contributed by atoms with Crippen LogP contribution in [-0.4, -0.2) is 11.8 Å². The molecule has 3 aromatic carbocycles. The van der Waals surface area contributed by atoms with E-state index in [9.17, 15) is 18.4 Å². The van der Waals surface area contributed by atoms with Gasteiger partial charge in [0.2, 0.25) is 0 Å². The number of carbonyl (C=O) groups is 2. The predicted molar refractivity (Wildman–Crippen MR) is 105 cm³/mol. The molecule has 3 aromatic rings. The standard InChI is InChI=1S/C22H18F2N2O2/c1-13-3-10-20(14(2)11-13)26-22(28)16-6-4-15(5-7-16)21(27)25-17-8-9-18(23)19(24)12-17/h3-12H,1-2H3,(H,25,27)(H,26,28). The van der Waals surface area contributed by atoms with E-state index in [4.69, 9.17) is 0 Å². The van der Waals surface area contributed by atoms with Gasteiger partial charge >= 0.3 is 0 Å². The minimum absolute atomic E-state index is 0.139. The third-order valence-corrected chi connectivity index (χ3v) is 4.22. The molecule has 2 N–H and O–H groups in total. The van der Waals surface area contributed by atoms with E-state index in [1.165, 1.54) is 30.3 Å². The summed E-state index contributed by atoms with van der Waals surface area (Å²) in [6.07, 6.45) is 0. The summed E-state index contributed by atoms with van der Waals surface area (Å²) in [5.74, 6) is -2.82. The molecule has 0 radical (unpaired) electrons. The molecule has 0 saturated carbocycles. The maximum absolute atomic E-state index is 13.2. The largest absolute Gasteiger partial charge is 0.322 e. The fourth-order valence-corrected chi connectivity index (χ4v) is 2.70. The van der Waals surface area contributed by atoms with Crippen LogP contribution in [0.1, 0.15) is 31.8 Å². The Kier molecular flexibility index (Phi) is 5.49. The minimum atomic E-state index is -1.05. The molecule has 0 saturated heterocycles. The second-order valence-electron chi connectivity index (χ2n) is 6.43. The highest BCUT2D eigenvalue weighted by Gasteiger charge is 2.11. The van der Waals surface area contributed by atoms with Crippen LogP contribution < -0.4 is 10.6 Å². The van der Waals surface area contributed by atoms with Gasteiger partial charge in [0.05, 0.1) is 0 Å². The average molecular weight is 380 g/mol. The smallest absolute Gasteiger partial charge is 0.255 e. The zero-order chi connectivity index (χ0) is 20.3. The van der Waals surface area contributed by atoms with E-state index in [-0.39, 0.29) is 17.2 Å². The maximum atomic E-state index is 13.2. The first-order valence-corrected chi connectivity index (χ1v) is 8.58. The summed E-state index contributed by atoms with van der Waals surface area (Å²) < 4.78 is 26.2. The van der Waals surface area contributed by atoms with Gasteiger partial charge in [0.15, 0.2) is 11.6 Å². The normalized spacial score (nSPS) is 10.4. The van der Waals surface area contributed by atoms with Crippen molar-refractivity contribution in [1.29, 1.82) is 0 Å². The molecule has 2 amide bonds. The van der Waals surface area contributed by atoms with E-state index >= 15 is 0 Å². The van der Waals surface area contributed by atoms with E-state index < -0.39 is 17.5 Å². The lowest BCUT2D eigenvalue weighted by atomic mass is 10.1. The van der Waals surface area contributed by atoms with Crippen LogP contribution in [-0.2, 0) is 0 Å². The summed E-state index contributed by atoms with van der Waals surface area (Å²) in [6.45, 7) is 3.89. The highest BCUT2D eigenvalue weighted by molar-refractivity contribution is 6.07. The summed E-state index contributed by atoms with van der Waals surface area (Å²) in [5, 5.41) is 5.32. The van der Waals surface area contributed by atoms with Crippen LogP contribution in [0, 0.1) is 25.5 Å². The molecule has 0 aromatic heterocycles. The Bertz CT molecular complexity index is 1050. The lowest BCUT2D eigenvalue weighted by molar-refractivity contribution is 0.101. The molecule has 142 valence electrons. The summed E-state index contributed by atoms with van der Waals surface area (Å²) >= 11 is 0. The molecular weight excluding hydrogens is 362 g/mol. The molecule has 0 aliphatic carbocycles. The minimum Gasteiger partial charge on any atom is -0.322 e. The first-order valence-electron chi connectivity index (χ1n) is 8.58. The van der Waals surface area contributed by atoms with Crippen molar-refractivity contribution >= 4 is 23.2 Å². The molecule has 28 heavy (non-hydrogen) atoms. The van der Waals surface area contributed by atoms with Crippen molar-refractivity contribution in [2.45, 2.75) is 13.8 Å². The molecule has 6 heteroatoms. The average Bonchev–Trinajstić information content (AvgIpc) is 2.67. The van der Waals surface area contributed by atoms with Crippen molar-refractivity contribution < 1.29 is 18.4 Å². The van der Waals surface area contributed by atoms with Gasteiger partial charge in [-0.25, -0.2) is 8.78 Å². The molecule has 3 rings (SSSR count). The quantitative estimate of drug-likeness (QED) is 0.663. The Hall–Kier alpha value is -3.54. The summed E-state index contributed by atoms with van der Waals surface area (Å²) in [6, 6.07) is 14.9. The monoisotopic (exact) mass is 380 g/mol. The van der Waals surface area contributed by atoms with Crippen LogP contribution in [0.4, 0.5) is 20.2 Å². The topological polar surface area (TPSA) is 58.2 Å². The Morgan fingerprint density at radius 1 is 0.714 bits per heavy atom. The molecule has 0 aliphatic rings. The van der Waals surface area contributed by atoms with Gasteiger partial charge in [-0.1, -0.05) is 17.7 Å². The highest BCUT2D eigenvalue weighted by atomic mass is 19.2. The van der Waals surface area contributed by atoms with Crippen molar-refractivity contribution in [1.82, 2.24) is 0 Å². The Morgan fingerprint density at radius 3 is 1.89 bits per heavy atom. The molecule has 0 unspecified atom stereocenters. The molecule has 0 fully saturated rings. The fourth-order valence-electron chi connectivity index (χ4n) is 2.70. The van der Waals surface area contributed by atoms with Crippen LogP contribution in [0.15, 0.2) is 60.7 Å². The summed E-state index contributed by atoms with van der Waals surface area (Å²) in [5.41, 5.74) is 3.59. The van der Waals surface area contributed by atoms with E-state index in [1.54, 1.807) is 0 Å². The number of benzene rings is 3. The predicted octanol–water partition coefficient (Wildman–Crippen LogP) is 5.09. The number of anilines is 2. The Morgan fingerprint density at radius 2 is 1.32 bits per heavy atom. The zero-order valence-corrected chi connectivity index (χ0v) is 15.3. The van der Waals surface area contributed by atoms with Gasteiger partial charge < -0.3 is 10.6 Å². The van der Waals surface area contributed by atoms with Crippen LogP contribution >= 0.6 is 0 Å². The van der Waals surface area contributed by atoms with Gasteiger partial charge in [0, 0.05) is 28.6 Å². The second kappa shape index (κ2) is 8.00. The third-order valence-electron chi connectivity index (χ3n) is 4.22. The molecular formula is C22H18F2N2O2. The number of amides is 2. The van der Waals surface area contributed by atoms with Gasteiger partial charge in [-0.2, -0.15) is 0 Å². The molecule has 0 aliphatic heterocycles. The first kappa shape index (κ1) is 19.2. The van der Waals surface area contributed by atoms with Crippen LogP contribution in [0.2, 0.25) is 0 Å². The molecule has 0 spiro atoms. The number of hydrogen-bond donors (Lipinski definition) is 2. The number of rotatable bonds is 4. The highest BCUT2D eigenvalue weighted by Crippen LogP contribution is 2.18. The van der Waals surface area contributed by atoms with Crippen LogP contribution in [0.3, 0.4) is 0 Å². The summed E-state index contributed by atoms with van der Waals surface area (Å²) in [4.78, 5) is 24.6. The van der Waals surface area contributed by atoms with E-state index in [0.29, 0.717) is 5.56 Å². The second-order valence-corrected chi connectivity index (χ2v) is 6.43. The number of hydrogen-bond acceptors (Lipinski definition) is 2. The van der Waals surface area contributed by atoms with Gasteiger partial charge in [-0.3, -0.25) is 9.59 Å². The lowest BCUT2D eigenvalue weighted by Gasteiger charge is -2.10. The van der Waals surface area contributed by atoms with Gasteiger partial charge in [0.1, 0.15) is 0 Å². The lowest BCUT2D eigenvalue weighted by Crippen LogP contribution is -2.15. The first-order chi connectivity index (χ1) is 13.3. The SMILES string of the molecule is Cc1ccc(NC(=O)c2ccc(C(=O)Nc3ccc(F)c(F)c3)cc2)c(C)c1. The zero-order valence-electron chi connectivity index (χ0n) is 15.3. The van der Waals surface area contributed by atoms with Crippen molar-refractivity contribution in [3.63, 3.8) is 0 Å². The Balaban J connectivity index is 1.69. The van der Waals surface area contributed by atoms with Gasteiger partial charge in [-0.05, 0) is 61.9 Å². The van der Waals surface area contributed by atoms with Crippen LogP contribution in [0.25, 0.3) is 0 Å². The molecule has 0 heterocycles. The Labute approximate surface area is 161 Å². The third kappa shape index (κ3) is 4.40. The fraction of sp³-hybridized carbons (Fsp3) is 0.0909. The van der Waals surface area contributed by atoms with Gasteiger partial charge in [0.25, 0.3) is 11.8 Å². The number of aryl methyl sites for hydroxylation is 2. The van der Waals surface area contributed by atoms with Gasteiger partial charge in [-0.15, -0.1) is 0 Å². The van der Waals surface area contributed by atoms with E-state index in [2.05, 4.69) is 10.6 Å². The molecule has 0 bridgehead atoms. The van der Waals surface area contributed by atoms with Crippen molar-refractivity contribution in [2.75, 3.05) is 10.6 Å². The maximum Gasteiger partial charge on any atom is 0.255 e.